The van der Waals surface area contributed by atoms with E-state index in [0.29, 0.717) is 5.92 Å². The Bertz CT molecular complexity index is 454. The van der Waals surface area contributed by atoms with Gasteiger partial charge >= 0.3 is 0 Å². The molecule has 0 heterocycles. The van der Waals surface area contributed by atoms with Crippen LogP contribution in [0.2, 0.25) is 0 Å². The molecule has 1 unspecified atom stereocenters. The number of thiol groups is 6. The molecule has 0 aliphatic carbocycles. The molecule has 0 aromatic rings. The highest BCUT2D eigenvalue weighted by Gasteiger charge is 2.65. The highest BCUT2D eigenvalue weighted by Crippen LogP contribution is 2.70. The van der Waals surface area contributed by atoms with Gasteiger partial charge in [-0.2, -0.15) is 75.8 Å². The van der Waals surface area contributed by atoms with Gasteiger partial charge in [-0.25, -0.2) is 0 Å². The molecule has 0 spiro atoms. The summed E-state index contributed by atoms with van der Waals surface area (Å²) in [6, 6.07) is 0. The van der Waals surface area contributed by atoms with E-state index in [1.807, 2.05) is 5.75 Å². The van der Waals surface area contributed by atoms with Crippen molar-refractivity contribution >= 4 is 75.8 Å². The zero-order valence-electron chi connectivity index (χ0n) is 19.1. The van der Waals surface area contributed by atoms with Crippen molar-refractivity contribution in [2.45, 2.75) is 68.2 Å². The first-order valence-electron chi connectivity index (χ1n) is 10.1. The van der Waals surface area contributed by atoms with Gasteiger partial charge in [0.2, 0.25) is 0 Å². The third kappa shape index (κ3) is 5.71. The fraction of sp³-hybridized carbons (Fsp3) is 0.909. The third-order valence-electron chi connectivity index (χ3n) is 6.79. The predicted molar refractivity (Wildman–Crippen MR) is 151 cm³/mol. The van der Waals surface area contributed by atoms with Crippen LogP contribution in [0.3, 0.4) is 0 Å². The van der Waals surface area contributed by atoms with Gasteiger partial charge in [-0.3, -0.25) is 0 Å². The van der Waals surface area contributed by atoms with Gasteiger partial charge in [-0.05, 0) is 63.4 Å². The monoisotopic (exact) mass is 500 g/mol. The lowest BCUT2D eigenvalue weighted by Gasteiger charge is -2.67. The van der Waals surface area contributed by atoms with Gasteiger partial charge in [-0.1, -0.05) is 55.4 Å². The molecule has 0 N–H and O–H groups in total. The average Bonchev–Trinajstić information content (AvgIpc) is 2.63. The Morgan fingerprint density at radius 2 is 1.18 bits per heavy atom. The van der Waals surface area contributed by atoms with Crippen LogP contribution in [0.4, 0.5) is 0 Å². The molecule has 0 aliphatic rings. The van der Waals surface area contributed by atoms with Crippen molar-refractivity contribution in [1.82, 2.24) is 0 Å². The Morgan fingerprint density at radius 1 is 0.750 bits per heavy atom. The number of rotatable bonds is 13. The average molecular weight is 501 g/mol. The molecule has 0 nitrogen and oxygen atoms in total. The fourth-order valence-electron chi connectivity index (χ4n) is 5.07. The fourth-order valence-corrected chi connectivity index (χ4v) is 7.06. The van der Waals surface area contributed by atoms with Crippen LogP contribution in [-0.4, -0.2) is 23.0 Å². The zero-order chi connectivity index (χ0) is 22.6. The lowest BCUT2D eigenvalue weighted by atomic mass is 9.41. The second kappa shape index (κ2) is 11.3. The van der Waals surface area contributed by atoms with E-state index in [1.165, 1.54) is 5.25 Å². The second-order valence-corrected chi connectivity index (χ2v) is 12.8. The molecule has 2 radical (unpaired) electrons. The van der Waals surface area contributed by atoms with Crippen LogP contribution in [0.1, 0.15) is 68.2 Å². The van der Waals surface area contributed by atoms with E-state index in [1.54, 1.807) is 0 Å². The first kappa shape index (κ1) is 30.1. The lowest BCUT2D eigenvalue weighted by molar-refractivity contribution is -0.108. The Kier molecular flexibility index (Phi) is 12.1. The Hall–Kier alpha value is 2.10. The first-order chi connectivity index (χ1) is 12.6. The van der Waals surface area contributed by atoms with Gasteiger partial charge in [0.15, 0.2) is 0 Å². The maximum absolute atomic E-state index is 5.34. The number of hydrogen-bond acceptors (Lipinski definition) is 6. The van der Waals surface area contributed by atoms with E-state index < -0.39 is 0 Å². The molecule has 0 amide bonds. The smallest absolute Gasteiger partial charge is 0.0413 e. The summed E-state index contributed by atoms with van der Waals surface area (Å²) in [5.74, 6) is 5.39. The summed E-state index contributed by atoms with van der Waals surface area (Å²) in [7, 11) is 0. The molecule has 0 saturated heterocycles. The van der Waals surface area contributed by atoms with E-state index in [-0.39, 0.29) is 27.1 Å². The summed E-state index contributed by atoms with van der Waals surface area (Å²) in [5.41, 5.74) is -0.590. The van der Waals surface area contributed by atoms with Crippen molar-refractivity contribution in [1.29, 1.82) is 0 Å². The van der Waals surface area contributed by atoms with Crippen LogP contribution in [0.5, 0.6) is 0 Å². The molecule has 6 heteroatoms. The van der Waals surface area contributed by atoms with Crippen LogP contribution >= 0.6 is 75.8 Å². The van der Waals surface area contributed by atoms with E-state index in [9.17, 15) is 0 Å². The molecule has 0 aromatic heterocycles. The van der Waals surface area contributed by atoms with Crippen molar-refractivity contribution in [3.05, 3.63) is 11.0 Å². The minimum atomic E-state index is -0.234. The molecule has 1 atom stereocenters. The van der Waals surface area contributed by atoms with E-state index in [0.717, 1.165) is 35.9 Å². The standard InChI is InChI=1S/C22H44S6/c1-18(2,12-24)16(10-9-11-23)22(20(5,6)14-26,21(7,8)15-27)17(28)19(3,4)13-25/h11,16,23-28H,9-10,12-15H2,1-8H3. The van der Waals surface area contributed by atoms with Gasteiger partial charge < -0.3 is 0 Å². The quantitative estimate of drug-likeness (QED) is 0.137. The summed E-state index contributed by atoms with van der Waals surface area (Å²) in [4.78, 5) is 0. The minimum Gasteiger partial charge on any atom is -0.179 e. The lowest BCUT2D eigenvalue weighted by Crippen LogP contribution is -2.63. The van der Waals surface area contributed by atoms with Crippen molar-refractivity contribution in [2.75, 3.05) is 23.0 Å². The molecule has 0 fully saturated rings. The summed E-state index contributed by atoms with van der Waals surface area (Å²) in [6.45, 7) is 18.6. The molecule has 168 valence electrons. The predicted octanol–water partition coefficient (Wildman–Crippen LogP) is 7.75. The van der Waals surface area contributed by atoms with Crippen molar-refractivity contribution in [3.63, 3.8) is 0 Å². The molecular formula is C22H44S6. The van der Waals surface area contributed by atoms with Gasteiger partial charge in [-0.15, -0.1) is 0 Å². The van der Waals surface area contributed by atoms with E-state index >= 15 is 0 Å². The maximum atomic E-state index is 5.34. The van der Waals surface area contributed by atoms with E-state index in [4.69, 9.17) is 63.1 Å². The Labute approximate surface area is 209 Å². The van der Waals surface area contributed by atoms with Crippen LogP contribution in [-0.2, 0) is 0 Å². The molecule has 0 rings (SSSR count). The van der Waals surface area contributed by atoms with Gasteiger partial charge in [0, 0.05) is 16.4 Å². The van der Waals surface area contributed by atoms with E-state index in [2.05, 4.69) is 68.0 Å². The molecule has 0 aromatic carbocycles. The van der Waals surface area contributed by atoms with Gasteiger partial charge in [0.05, 0.1) is 0 Å². The molecule has 28 heavy (non-hydrogen) atoms. The van der Waals surface area contributed by atoms with Gasteiger partial charge in [0.1, 0.15) is 0 Å². The molecule has 0 aliphatic heterocycles. The first-order valence-corrected chi connectivity index (χ1v) is 13.5. The Morgan fingerprint density at radius 3 is 1.46 bits per heavy atom. The molecule has 0 bridgehead atoms. The zero-order valence-corrected chi connectivity index (χ0v) is 24.4. The topological polar surface area (TPSA) is 0 Å². The minimum absolute atomic E-state index is 0.000985. The summed E-state index contributed by atoms with van der Waals surface area (Å²) >= 11 is 29.0. The van der Waals surface area contributed by atoms with Crippen molar-refractivity contribution in [3.8, 4) is 0 Å². The van der Waals surface area contributed by atoms with Crippen molar-refractivity contribution < 1.29 is 0 Å². The Balaban J connectivity index is 7.29. The maximum Gasteiger partial charge on any atom is 0.0413 e. The highest BCUT2D eigenvalue weighted by atomic mass is 32.1. The van der Waals surface area contributed by atoms with Crippen LogP contribution in [0.15, 0.2) is 0 Å². The second-order valence-electron chi connectivity index (χ2n) is 10.7. The number of hydrogen-bond donors (Lipinski definition) is 6. The largest absolute Gasteiger partial charge is 0.179 e. The SMILES string of the molecule is CC(C)(CS)[C](S)C(C(CC[CH]S)C(C)(C)CS)(C(C)(C)CS)C(C)(C)CS. The third-order valence-corrected chi connectivity index (χ3v) is 11.2. The summed E-state index contributed by atoms with van der Waals surface area (Å²) in [5, 5.41) is 1.21. The van der Waals surface area contributed by atoms with Gasteiger partial charge in [0.25, 0.3) is 0 Å². The normalized spacial score (nSPS) is 16.0. The molecular weight excluding hydrogens is 457 g/mol. The van der Waals surface area contributed by atoms with Crippen LogP contribution in [0.25, 0.3) is 0 Å². The molecule has 0 saturated carbocycles. The highest BCUT2D eigenvalue weighted by molar-refractivity contribution is 7.84. The summed E-state index contributed by atoms with van der Waals surface area (Å²) in [6.07, 6.45) is 1.97. The van der Waals surface area contributed by atoms with Crippen molar-refractivity contribution in [2.24, 2.45) is 33.0 Å². The van der Waals surface area contributed by atoms with Crippen LogP contribution < -0.4 is 0 Å². The summed E-state index contributed by atoms with van der Waals surface area (Å²) < 4.78 is 0. The van der Waals surface area contributed by atoms with Crippen LogP contribution in [0, 0.1) is 44.0 Å².